The molecule has 1 aliphatic carbocycles. The van der Waals surface area contributed by atoms with Gasteiger partial charge in [0.25, 0.3) is 5.56 Å². The largest absolute Gasteiger partial charge is 0.506 e. The number of anilines is 2. The number of hydrogen-bond donors (Lipinski definition) is 2. The monoisotopic (exact) mass is 817 g/mol. The molecule has 0 fully saturated rings. The second-order valence-electron chi connectivity index (χ2n) is 14.5. The van der Waals surface area contributed by atoms with Crippen LogP contribution in [-0.4, -0.2) is 32.5 Å². The van der Waals surface area contributed by atoms with Crippen molar-refractivity contribution in [2.45, 2.75) is 0 Å². The Morgan fingerprint density at radius 1 is 0.623 bits per heavy atom. The number of pyridine rings is 1. The van der Waals surface area contributed by atoms with E-state index in [9.17, 15) is 19.8 Å². The smallest absolute Gasteiger partial charge is 0.264 e. The quantitative estimate of drug-likeness (QED) is 0.120. The highest BCUT2D eigenvalue weighted by Crippen LogP contribution is 2.48. The van der Waals surface area contributed by atoms with E-state index in [2.05, 4.69) is 20.5 Å². The first-order chi connectivity index (χ1) is 29.8. The number of aromatic hydroxyl groups is 2. The van der Waals surface area contributed by atoms with Crippen LogP contribution in [0.2, 0.25) is 5.02 Å². The SMILES string of the molecule is CON(c1ccccc1Cl)c1cc2ccccc2c(N=Nc2ccc3c(c2)C(=O)c2cc(N=Nc4c(O)cc5c(=O)n6c7ccccc7nc6c6cccc4c56)ccc2-3)c1O. The molecule has 12 nitrogen and oxygen atoms in total. The van der Waals surface area contributed by atoms with Crippen LogP contribution in [-0.2, 0) is 4.84 Å². The van der Waals surface area contributed by atoms with Gasteiger partial charge < -0.3 is 10.2 Å². The number of fused-ring (bicyclic) bond motifs is 8. The van der Waals surface area contributed by atoms with E-state index < -0.39 is 0 Å². The first-order valence-electron chi connectivity index (χ1n) is 19.1. The Labute approximate surface area is 349 Å². The van der Waals surface area contributed by atoms with E-state index in [1.54, 1.807) is 59.0 Å². The number of phenols is 2. The molecule has 0 bridgehead atoms. The number of hydrogen-bond acceptors (Lipinski definition) is 11. The molecule has 292 valence electrons. The minimum atomic E-state index is -0.295. The van der Waals surface area contributed by atoms with Crippen LogP contribution in [0.3, 0.4) is 0 Å². The van der Waals surface area contributed by atoms with Gasteiger partial charge in [-0.2, -0.15) is 10.2 Å². The summed E-state index contributed by atoms with van der Waals surface area (Å²) in [5, 5.41) is 46.3. The number of para-hydroxylation sites is 3. The van der Waals surface area contributed by atoms with Crippen molar-refractivity contribution in [2.75, 3.05) is 12.2 Å². The third kappa shape index (κ3) is 5.54. The van der Waals surface area contributed by atoms with Crippen molar-refractivity contribution >= 4 is 101 Å². The van der Waals surface area contributed by atoms with Gasteiger partial charge in [0.15, 0.2) is 11.5 Å². The maximum Gasteiger partial charge on any atom is 0.264 e. The third-order valence-corrected chi connectivity index (χ3v) is 11.4. The molecule has 11 rings (SSSR count). The summed E-state index contributed by atoms with van der Waals surface area (Å²) in [6.45, 7) is 0. The summed E-state index contributed by atoms with van der Waals surface area (Å²) in [5.74, 6) is -0.609. The van der Waals surface area contributed by atoms with Crippen LogP contribution in [0.4, 0.5) is 34.1 Å². The molecule has 0 atom stereocenters. The van der Waals surface area contributed by atoms with E-state index >= 15 is 0 Å². The number of aromatic nitrogens is 2. The number of carbonyl (C=O) groups excluding carboxylic acids is 1. The number of halogens is 1. The molecule has 0 saturated carbocycles. The summed E-state index contributed by atoms with van der Waals surface area (Å²) < 4.78 is 1.57. The summed E-state index contributed by atoms with van der Waals surface area (Å²) in [6, 6.07) is 41.2. The fraction of sp³-hybridized carbons (Fsp3) is 0.0208. The Hall–Kier alpha value is -8.06. The van der Waals surface area contributed by atoms with Crippen molar-refractivity contribution in [2.24, 2.45) is 20.5 Å². The van der Waals surface area contributed by atoms with Crippen molar-refractivity contribution in [3.63, 3.8) is 0 Å². The van der Waals surface area contributed by atoms with E-state index in [0.717, 1.165) is 21.9 Å². The fourth-order valence-corrected chi connectivity index (χ4v) is 8.56. The van der Waals surface area contributed by atoms with E-state index in [-0.39, 0.29) is 34.2 Å². The molecule has 8 aromatic carbocycles. The second kappa shape index (κ2) is 13.8. The Kier molecular flexibility index (Phi) is 8.14. The highest BCUT2D eigenvalue weighted by atomic mass is 35.5. The molecule has 61 heavy (non-hydrogen) atoms. The highest BCUT2D eigenvalue weighted by Gasteiger charge is 2.28. The average molecular weight is 818 g/mol. The Morgan fingerprint density at radius 2 is 1.28 bits per heavy atom. The molecule has 13 heteroatoms. The molecule has 1 aliphatic rings. The highest BCUT2D eigenvalue weighted by molar-refractivity contribution is 6.33. The Morgan fingerprint density at radius 3 is 2.03 bits per heavy atom. The topological polar surface area (TPSA) is 154 Å². The van der Waals surface area contributed by atoms with E-state index in [0.29, 0.717) is 77.1 Å². The lowest BCUT2D eigenvalue weighted by atomic mass is 10.0. The minimum absolute atomic E-state index is 0.175. The summed E-state index contributed by atoms with van der Waals surface area (Å²) >= 11 is 6.50. The normalized spacial score (nSPS) is 12.6. The van der Waals surface area contributed by atoms with Crippen LogP contribution < -0.4 is 10.6 Å². The number of azo groups is 2. The molecule has 0 amide bonds. The number of rotatable bonds is 7. The van der Waals surface area contributed by atoms with Crippen LogP contribution in [0.5, 0.6) is 11.5 Å². The zero-order valence-corrected chi connectivity index (χ0v) is 32.7. The maximum atomic E-state index is 13.9. The van der Waals surface area contributed by atoms with Gasteiger partial charge in [0, 0.05) is 32.7 Å². The van der Waals surface area contributed by atoms with Crippen molar-refractivity contribution in [3.05, 3.63) is 166 Å². The van der Waals surface area contributed by atoms with E-state index in [4.69, 9.17) is 21.4 Å². The van der Waals surface area contributed by atoms with Gasteiger partial charge in [-0.1, -0.05) is 90.5 Å². The summed E-state index contributed by atoms with van der Waals surface area (Å²) in [6.07, 6.45) is 0. The van der Waals surface area contributed by atoms with Crippen molar-refractivity contribution in [1.29, 1.82) is 0 Å². The van der Waals surface area contributed by atoms with Gasteiger partial charge in [0.05, 0.1) is 45.6 Å². The van der Waals surface area contributed by atoms with Gasteiger partial charge in [-0.05, 0) is 77.2 Å². The Balaban J connectivity index is 0.922. The number of ketones is 1. The molecule has 10 aromatic rings. The summed E-state index contributed by atoms with van der Waals surface area (Å²) in [7, 11) is 1.48. The van der Waals surface area contributed by atoms with Crippen LogP contribution in [0.15, 0.2) is 165 Å². The summed E-state index contributed by atoms with van der Waals surface area (Å²) in [5.41, 5.74) is 5.93. The predicted molar refractivity (Wildman–Crippen MR) is 237 cm³/mol. The van der Waals surface area contributed by atoms with E-state index in [1.165, 1.54) is 18.2 Å². The van der Waals surface area contributed by atoms with Crippen molar-refractivity contribution < 1.29 is 19.8 Å². The van der Waals surface area contributed by atoms with E-state index in [1.807, 2.05) is 78.9 Å². The van der Waals surface area contributed by atoms with Crippen LogP contribution in [0.1, 0.15) is 15.9 Å². The Bertz CT molecular complexity index is 3640. The second-order valence-corrected chi connectivity index (χ2v) is 14.9. The molecule has 0 aliphatic heterocycles. The van der Waals surface area contributed by atoms with Crippen LogP contribution in [0, 0.1) is 0 Å². The summed E-state index contributed by atoms with van der Waals surface area (Å²) in [4.78, 5) is 38.2. The molecule has 0 unspecified atom stereocenters. The van der Waals surface area contributed by atoms with Gasteiger partial charge in [-0.15, -0.1) is 10.2 Å². The lowest BCUT2D eigenvalue weighted by Gasteiger charge is -2.24. The minimum Gasteiger partial charge on any atom is -0.506 e. The van der Waals surface area contributed by atoms with Gasteiger partial charge in [0.2, 0.25) is 0 Å². The van der Waals surface area contributed by atoms with Crippen molar-refractivity contribution in [1.82, 2.24) is 9.38 Å². The lowest BCUT2D eigenvalue weighted by Crippen LogP contribution is -2.15. The van der Waals surface area contributed by atoms with Gasteiger partial charge >= 0.3 is 0 Å². The average Bonchev–Trinajstić information content (AvgIpc) is 3.81. The molecular weight excluding hydrogens is 790 g/mol. The predicted octanol–water partition coefficient (Wildman–Crippen LogP) is 12.6. The zero-order valence-electron chi connectivity index (χ0n) is 31.9. The van der Waals surface area contributed by atoms with Gasteiger partial charge in [-0.25, -0.2) is 10.0 Å². The fourth-order valence-electron chi connectivity index (χ4n) is 8.34. The first-order valence-corrected chi connectivity index (χ1v) is 19.5. The molecular formula is C48H28ClN7O5. The molecule has 0 radical (unpaired) electrons. The third-order valence-electron chi connectivity index (χ3n) is 11.1. The lowest BCUT2D eigenvalue weighted by molar-refractivity contribution is 0.104. The van der Waals surface area contributed by atoms with Gasteiger partial charge in [0.1, 0.15) is 28.5 Å². The number of carbonyl (C=O) groups is 1. The molecule has 2 heterocycles. The van der Waals surface area contributed by atoms with Crippen LogP contribution >= 0.6 is 11.6 Å². The van der Waals surface area contributed by atoms with Crippen molar-refractivity contribution in [3.8, 4) is 22.6 Å². The molecule has 0 saturated heterocycles. The first kappa shape index (κ1) is 36.1. The zero-order chi connectivity index (χ0) is 41.5. The van der Waals surface area contributed by atoms with Crippen LogP contribution in [0.25, 0.3) is 60.1 Å². The molecule has 2 N–H and O–H groups in total. The molecule has 2 aromatic heterocycles. The standard InChI is InChI=1S/C48H28ClN7O5/c1-61-56(38-15-6-4-13-36(38)49)40-21-25-9-2-3-10-28(25)44(46(40)59)54-52-27-18-20-30-29-19-17-26(22-33(29)45(58)34(30)23-27)51-53-43-31-11-8-12-32-42(31)35(24-41(43)57)48(60)55-39-16-7-5-14-37(39)50-47(32)55/h2-24,57,59H,1H3. The maximum absolute atomic E-state index is 13.9. The molecule has 0 spiro atoms. The number of phenolic OH excluding ortho intramolecular Hbond substituents is 2. The number of benzene rings is 8. The number of imidazole rings is 1. The van der Waals surface area contributed by atoms with Gasteiger partial charge in [-0.3, -0.25) is 18.8 Å². The number of nitrogens with zero attached hydrogens (tertiary/aromatic N) is 7.